The van der Waals surface area contributed by atoms with E-state index in [1.807, 2.05) is 48.5 Å². The molecule has 4 N–H and O–H groups in total. The van der Waals surface area contributed by atoms with Crippen molar-refractivity contribution in [2.75, 3.05) is 11.9 Å². The molecule has 3 amide bonds. The number of hydrazine groups is 1. The topological polar surface area (TPSA) is 87.5 Å². The summed E-state index contributed by atoms with van der Waals surface area (Å²) in [5.41, 5.74) is 4.64. The third kappa shape index (κ3) is 3.06. The number of urea groups is 1. The first-order valence-corrected chi connectivity index (χ1v) is 7.81. The van der Waals surface area contributed by atoms with Crippen LogP contribution in [0.5, 0.6) is 0 Å². The van der Waals surface area contributed by atoms with Crippen molar-refractivity contribution in [3.8, 4) is 0 Å². The maximum Gasteiger partial charge on any atom is 0.323 e. The van der Waals surface area contributed by atoms with Crippen molar-refractivity contribution in [1.29, 1.82) is 0 Å². The van der Waals surface area contributed by atoms with Crippen LogP contribution in [0.3, 0.4) is 0 Å². The molecule has 1 aliphatic heterocycles. The highest BCUT2D eigenvalue weighted by Crippen LogP contribution is 2.38. The second-order valence-electron chi connectivity index (χ2n) is 5.17. The number of carbonyl (C=O) groups excluding carboxylic acids is 2. The Balaban J connectivity index is 2.12. The summed E-state index contributed by atoms with van der Waals surface area (Å²) in [6, 6.07) is 14.5. The fourth-order valence-electron chi connectivity index (χ4n) is 2.70. The third-order valence-corrected chi connectivity index (χ3v) is 4.21. The summed E-state index contributed by atoms with van der Waals surface area (Å²) in [4.78, 5) is 25.6. The molecule has 2 aromatic carbocycles. The number of nitrogens with one attached hydrogen (secondary N) is 2. The van der Waals surface area contributed by atoms with Crippen molar-refractivity contribution >= 4 is 33.6 Å². The minimum atomic E-state index is -0.431. The van der Waals surface area contributed by atoms with Crippen molar-refractivity contribution in [2.45, 2.75) is 6.04 Å². The van der Waals surface area contributed by atoms with E-state index in [0.717, 1.165) is 21.3 Å². The number of rotatable bonds is 3. The Kier molecular flexibility index (Phi) is 4.31. The highest BCUT2D eigenvalue weighted by Gasteiger charge is 2.34. The number of nitrogens with two attached hydrogens (primary N) is 1. The lowest BCUT2D eigenvalue weighted by Gasteiger charge is -2.37. The average Bonchev–Trinajstić information content (AvgIpc) is 2.56. The number of halogens is 1. The minimum Gasteiger partial charge on any atom is -0.307 e. The molecule has 23 heavy (non-hydrogen) atoms. The van der Waals surface area contributed by atoms with Gasteiger partial charge < -0.3 is 10.2 Å². The molecule has 2 aromatic rings. The molecule has 1 atom stereocenters. The molecule has 1 aliphatic rings. The number of nitrogens with zero attached hydrogens (tertiary/aromatic N) is 1. The fraction of sp³-hybridized carbons (Fsp3) is 0.125. The zero-order chi connectivity index (χ0) is 16.4. The summed E-state index contributed by atoms with van der Waals surface area (Å²) in [6.45, 7) is -0.131. The largest absolute Gasteiger partial charge is 0.323 e. The molecule has 0 saturated heterocycles. The second-order valence-corrected chi connectivity index (χ2v) is 6.09. The first kappa shape index (κ1) is 15.5. The first-order valence-electron chi connectivity index (χ1n) is 7.01. The van der Waals surface area contributed by atoms with Crippen LogP contribution < -0.4 is 16.6 Å². The molecule has 3 rings (SSSR count). The molecule has 0 bridgehead atoms. The minimum absolute atomic E-state index is 0.131. The molecule has 0 aromatic heterocycles. The summed E-state index contributed by atoms with van der Waals surface area (Å²) in [6.07, 6.45) is 0. The van der Waals surface area contributed by atoms with Gasteiger partial charge in [-0.1, -0.05) is 46.3 Å². The summed E-state index contributed by atoms with van der Waals surface area (Å²) in [7, 11) is 0. The molecular weight excluding hydrogens is 360 g/mol. The molecular formula is C16H15BrN4O2. The number of anilines is 1. The van der Waals surface area contributed by atoms with Crippen LogP contribution in [-0.4, -0.2) is 23.4 Å². The lowest BCUT2D eigenvalue weighted by molar-refractivity contribution is -0.122. The molecule has 0 saturated carbocycles. The Bertz CT molecular complexity index is 751. The Hall–Kier alpha value is -2.38. The molecule has 1 heterocycles. The number of carbonyl (C=O) groups is 2. The van der Waals surface area contributed by atoms with Gasteiger partial charge in [-0.3, -0.25) is 10.2 Å². The van der Waals surface area contributed by atoms with Gasteiger partial charge in [-0.2, -0.15) is 0 Å². The summed E-state index contributed by atoms with van der Waals surface area (Å²) >= 11 is 3.46. The molecule has 0 radical (unpaired) electrons. The molecule has 6 nitrogen and oxygen atoms in total. The van der Waals surface area contributed by atoms with Gasteiger partial charge >= 0.3 is 6.03 Å². The van der Waals surface area contributed by atoms with Gasteiger partial charge in [-0.25, -0.2) is 10.6 Å². The number of amides is 3. The van der Waals surface area contributed by atoms with Gasteiger partial charge in [-0.15, -0.1) is 0 Å². The van der Waals surface area contributed by atoms with E-state index < -0.39 is 5.91 Å². The van der Waals surface area contributed by atoms with E-state index >= 15 is 0 Å². The van der Waals surface area contributed by atoms with Crippen LogP contribution in [0.15, 0.2) is 53.0 Å². The van der Waals surface area contributed by atoms with Gasteiger partial charge in [0.15, 0.2) is 0 Å². The van der Waals surface area contributed by atoms with E-state index in [9.17, 15) is 9.59 Å². The van der Waals surface area contributed by atoms with Crippen LogP contribution in [0.2, 0.25) is 0 Å². The Labute approximate surface area is 141 Å². The predicted molar refractivity (Wildman–Crippen MR) is 90.5 cm³/mol. The van der Waals surface area contributed by atoms with Crippen LogP contribution >= 0.6 is 15.9 Å². The van der Waals surface area contributed by atoms with Crippen molar-refractivity contribution in [2.24, 2.45) is 5.84 Å². The highest BCUT2D eigenvalue weighted by atomic mass is 79.9. The molecule has 118 valence electrons. The van der Waals surface area contributed by atoms with Crippen LogP contribution in [-0.2, 0) is 4.79 Å². The Morgan fingerprint density at radius 2 is 2.00 bits per heavy atom. The van der Waals surface area contributed by atoms with Crippen LogP contribution in [0.25, 0.3) is 0 Å². The zero-order valence-corrected chi connectivity index (χ0v) is 13.7. The molecule has 0 fully saturated rings. The van der Waals surface area contributed by atoms with Crippen LogP contribution in [0.1, 0.15) is 17.2 Å². The average molecular weight is 375 g/mol. The second kappa shape index (κ2) is 6.39. The number of fused-ring (bicyclic) bond motifs is 1. The van der Waals surface area contributed by atoms with Crippen LogP contribution in [0.4, 0.5) is 10.5 Å². The SMILES string of the molecule is NNC(=O)CN1C(=O)Nc2ccc(Br)cc2[C@H]1c1ccccc1. The van der Waals surface area contributed by atoms with E-state index in [0.29, 0.717) is 0 Å². The predicted octanol–water partition coefficient (Wildman–Crippen LogP) is 2.38. The van der Waals surface area contributed by atoms with Crippen molar-refractivity contribution in [3.05, 3.63) is 64.1 Å². The van der Waals surface area contributed by atoms with E-state index in [2.05, 4.69) is 26.7 Å². The van der Waals surface area contributed by atoms with E-state index in [1.54, 1.807) is 0 Å². The van der Waals surface area contributed by atoms with E-state index in [1.165, 1.54) is 4.90 Å². The lowest BCUT2D eigenvalue weighted by atomic mass is 9.94. The summed E-state index contributed by atoms with van der Waals surface area (Å²) < 4.78 is 0.900. The highest BCUT2D eigenvalue weighted by molar-refractivity contribution is 9.10. The number of hydrogen-bond acceptors (Lipinski definition) is 3. The van der Waals surface area contributed by atoms with E-state index in [4.69, 9.17) is 5.84 Å². The molecule has 0 unspecified atom stereocenters. The smallest absolute Gasteiger partial charge is 0.307 e. The third-order valence-electron chi connectivity index (χ3n) is 3.71. The molecule has 0 spiro atoms. The summed E-state index contributed by atoms with van der Waals surface area (Å²) in [5, 5.41) is 2.81. The van der Waals surface area contributed by atoms with E-state index in [-0.39, 0.29) is 18.6 Å². The van der Waals surface area contributed by atoms with Gasteiger partial charge in [0.25, 0.3) is 5.91 Å². The van der Waals surface area contributed by atoms with Gasteiger partial charge in [0, 0.05) is 15.7 Å². The Morgan fingerprint density at radius 3 is 2.70 bits per heavy atom. The van der Waals surface area contributed by atoms with Crippen LogP contribution in [0, 0.1) is 0 Å². The Morgan fingerprint density at radius 1 is 1.26 bits per heavy atom. The molecule has 7 heteroatoms. The van der Waals surface area contributed by atoms with Crippen molar-refractivity contribution in [1.82, 2.24) is 10.3 Å². The van der Waals surface area contributed by atoms with Gasteiger partial charge in [0.1, 0.15) is 6.54 Å². The van der Waals surface area contributed by atoms with Gasteiger partial charge in [-0.05, 0) is 23.8 Å². The number of benzene rings is 2. The summed E-state index contributed by atoms with van der Waals surface area (Å²) in [5.74, 6) is 4.74. The maximum absolute atomic E-state index is 12.5. The standard InChI is InChI=1S/C16H15BrN4O2/c17-11-6-7-13-12(8-11)15(10-4-2-1-3-5-10)21(16(23)19-13)9-14(22)20-18/h1-8,15H,9,18H2,(H,19,23)(H,20,22)/t15-/m1/s1. The monoisotopic (exact) mass is 374 g/mol. The first-order chi connectivity index (χ1) is 11.1. The normalized spacial score (nSPS) is 16.5. The maximum atomic E-state index is 12.5. The van der Waals surface area contributed by atoms with Crippen molar-refractivity contribution < 1.29 is 9.59 Å². The number of hydrogen-bond donors (Lipinski definition) is 3. The van der Waals surface area contributed by atoms with Gasteiger partial charge in [0.05, 0.1) is 6.04 Å². The lowest BCUT2D eigenvalue weighted by Crippen LogP contribution is -2.48. The zero-order valence-electron chi connectivity index (χ0n) is 12.1. The quantitative estimate of drug-likeness (QED) is 0.437. The molecule has 0 aliphatic carbocycles. The fourth-order valence-corrected chi connectivity index (χ4v) is 3.08. The van der Waals surface area contributed by atoms with Crippen molar-refractivity contribution in [3.63, 3.8) is 0 Å². The van der Waals surface area contributed by atoms with Gasteiger partial charge in [0.2, 0.25) is 0 Å².